The first-order chi connectivity index (χ1) is 9.62. The Balaban J connectivity index is 2.66. The predicted molar refractivity (Wildman–Crippen MR) is 90.9 cm³/mol. The molecule has 3 heteroatoms. The van der Waals surface area contributed by atoms with Gasteiger partial charge in [-0.25, -0.2) is 0 Å². The lowest BCUT2D eigenvalue weighted by Crippen LogP contribution is -2.30. The summed E-state index contributed by atoms with van der Waals surface area (Å²) in [5, 5.41) is 4.98. The zero-order chi connectivity index (χ0) is 15.0. The number of rotatable bonds is 9. The molecule has 0 aliphatic heterocycles. The minimum atomic E-state index is 0.439. The van der Waals surface area contributed by atoms with Crippen molar-refractivity contribution in [2.24, 2.45) is 5.92 Å². The van der Waals surface area contributed by atoms with Crippen molar-refractivity contribution in [1.29, 1.82) is 0 Å². The van der Waals surface area contributed by atoms with E-state index in [0.29, 0.717) is 6.04 Å². The van der Waals surface area contributed by atoms with Crippen molar-refractivity contribution in [2.75, 3.05) is 7.05 Å². The molecular formula is C17H27Cl2N. The van der Waals surface area contributed by atoms with Crippen molar-refractivity contribution in [3.8, 4) is 0 Å². The van der Waals surface area contributed by atoms with Crippen LogP contribution in [-0.2, 0) is 6.42 Å². The monoisotopic (exact) mass is 315 g/mol. The zero-order valence-corrected chi connectivity index (χ0v) is 14.4. The molecule has 0 saturated heterocycles. The Hall–Kier alpha value is -0.240. The summed E-state index contributed by atoms with van der Waals surface area (Å²) >= 11 is 12.5. The van der Waals surface area contributed by atoms with Crippen LogP contribution in [0.2, 0.25) is 10.0 Å². The summed E-state index contributed by atoms with van der Waals surface area (Å²) in [7, 11) is 2.03. The van der Waals surface area contributed by atoms with Gasteiger partial charge in [-0.2, -0.15) is 0 Å². The van der Waals surface area contributed by atoms with E-state index in [-0.39, 0.29) is 0 Å². The van der Waals surface area contributed by atoms with Gasteiger partial charge in [-0.15, -0.1) is 0 Å². The highest BCUT2D eigenvalue weighted by Gasteiger charge is 2.17. The molecule has 114 valence electrons. The van der Waals surface area contributed by atoms with Crippen LogP contribution < -0.4 is 5.32 Å². The van der Waals surface area contributed by atoms with Gasteiger partial charge in [0.15, 0.2) is 0 Å². The molecule has 2 atom stereocenters. The molecule has 1 rings (SSSR count). The van der Waals surface area contributed by atoms with E-state index in [4.69, 9.17) is 23.2 Å². The Morgan fingerprint density at radius 3 is 2.30 bits per heavy atom. The van der Waals surface area contributed by atoms with Crippen LogP contribution in [0.1, 0.15) is 51.5 Å². The second kappa shape index (κ2) is 9.65. The highest BCUT2D eigenvalue weighted by Crippen LogP contribution is 2.27. The lowest BCUT2D eigenvalue weighted by atomic mass is 9.89. The van der Waals surface area contributed by atoms with Gasteiger partial charge in [0.05, 0.1) is 0 Å². The van der Waals surface area contributed by atoms with E-state index >= 15 is 0 Å². The summed E-state index contributed by atoms with van der Waals surface area (Å²) in [5.41, 5.74) is 1.07. The quantitative estimate of drug-likeness (QED) is 0.613. The van der Waals surface area contributed by atoms with Gasteiger partial charge in [0.1, 0.15) is 0 Å². The molecule has 0 aromatic heterocycles. The van der Waals surface area contributed by atoms with E-state index in [9.17, 15) is 0 Å². The molecule has 0 saturated carbocycles. The highest BCUT2D eigenvalue weighted by molar-refractivity contribution is 6.35. The van der Waals surface area contributed by atoms with Crippen LogP contribution in [0.3, 0.4) is 0 Å². The highest BCUT2D eigenvalue weighted by atomic mass is 35.5. The minimum Gasteiger partial charge on any atom is -0.317 e. The zero-order valence-electron chi connectivity index (χ0n) is 12.9. The average molecular weight is 316 g/mol. The molecule has 0 aliphatic carbocycles. The molecule has 1 aromatic rings. The Kier molecular flexibility index (Phi) is 8.60. The Bertz CT molecular complexity index is 372. The first kappa shape index (κ1) is 17.8. The SMILES string of the molecule is CCCCC(CC)CC(Cc1c(Cl)cccc1Cl)NC. The number of benzene rings is 1. The summed E-state index contributed by atoms with van der Waals surface area (Å²) < 4.78 is 0. The third kappa shape index (κ3) is 5.63. The van der Waals surface area contributed by atoms with Gasteiger partial charge in [0.2, 0.25) is 0 Å². The number of likely N-dealkylation sites (N-methyl/N-ethyl adjacent to an activating group) is 1. The maximum absolute atomic E-state index is 6.27. The molecular weight excluding hydrogens is 289 g/mol. The van der Waals surface area contributed by atoms with Crippen LogP contribution in [-0.4, -0.2) is 13.1 Å². The van der Waals surface area contributed by atoms with E-state index in [1.165, 1.54) is 32.1 Å². The standard InChI is InChI=1S/C17H27Cl2N/c1-4-6-8-13(5-2)11-14(20-3)12-15-16(18)9-7-10-17(15)19/h7,9-10,13-14,20H,4-6,8,11-12H2,1-3H3. The van der Waals surface area contributed by atoms with E-state index in [2.05, 4.69) is 19.2 Å². The van der Waals surface area contributed by atoms with Crippen molar-refractivity contribution in [2.45, 2.75) is 58.4 Å². The minimum absolute atomic E-state index is 0.439. The van der Waals surface area contributed by atoms with Gasteiger partial charge in [0, 0.05) is 16.1 Å². The van der Waals surface area contributed by atoms with Crippen molar-refractivity contribution in [3.05, 3.63) is 33.8 Å². The van der Waals surface area contributed by atoms with Crippen LogP contribution in [0, 0.1) is 5.92 Å². The van der Waals surface area contributed by atoms with Crippen molar-refractivity contribution >= 4 is 23.2 Å². The average Bonchev–Trinajstić information content (AvgIpc) is 2.45. The van der Waals surface area contributed by atoms with Gasteiger partial charge in [-0.3, -0.25) is 0 Å². The summed E-state index contributed by atoms with van der Waals surface area (Å²) in [6, 6.07) is 6.18. The number of hydrogen-bond donors (Lipinski definition) is 1. The van der Waals surface area contributed by atoms with Crippen LogP contribution in [0.25, 0.3) is 0 Å². The molecule has 2 unspecified atom stereocenters. The molecule has 1 aromatic carbocycles. The summed E-state index contributed by atoms with van der Waals surface area (Å²) in [4.78, 5) is 0. The van der Waals surface area contributed by atoms with Crippen molar-refractivity contribution < 1.29 is 0 Å². The van der Waals surface area contributed by atoms with Gasteiger partial charge in [0.25, 0.3) is 0 Å². The molecule has 1 nitrogen and oxygen atoms in total. The van der Waals surface area contributed by atoms with E-state index in [1.807, 2.05) is 25.2 Å². The maximum Gasteiger partial charge on any atom is 0.0453 e. The molecule has 1 N–H and O–H groups in total. The molecule has 0 fully saturated rings. The Morgan fingerprint density at radius 1 is 1.15 bits per heavy atom. The number of hydrogen-bond acceptors (Lipinski definition) is 1. The Morgan fingerprint density at radius 2 is 1.80 bits per heavy atom. The summed E-state index contributed by atoms with van der Waals surface area (Å²) in [5.74, 6) is 0.786. The van der Waals surface area contributed by atoms with Gasteiger partial charge < -0.3 is 5.32 Å². The number of halogens is 2. The topological polar surface area (TPSA) is 12.0 Å². The fraction of sp³-hybridized carbons (Fsp3) is 0.647. The molecule has 0 radical (unpaired) electrons. The fourth-order valence-corrected chi connectivity index (χ4v) is 3.21. The Labute approximate surface area is 134 Å². The molecule has 0 amide bonds. The number of nitrogens with one attached hydrogen (secondary N) is 1. The van der Waals surface area contributed by atoms with Gasteiger partial charge in [-0.1, -0.05) is 68.8 Å². The van der Waals surface area contributed by atoms with Gasteiger partial charge >= 0.3 is 0 Å². The fourth-order valence-electron chi connectivity index (χ4n) is 2.66. The number of unbranched alkanes of at least 4 members (excludes halogenated alkanes) is 1. The summed E-state index contributed by atoms with van der Waals surface area (Å²) in [6.07, 6.45) is 7.25. The molecule has 20 heavy (non-hydrogen) atoms. The lowest BCUT2D eigenvalue weighted by molar-refractivity contribution is 0.358. The normalized spacial score (nSPS) is 14.2. The first-order valence-corrected chi connectivity index (χ1v) is 8.48. The van der Waals surface area contributed by atoms with Crippen molar-refractivity contribution in [1.82, 2.24) is 5.32 Å². The van der Waals surface area contributed by atoms with Crippen LogP contribution >= 0.6 is 23.2 Å². The molecule has 0 bridgehead atoms. The lowest BCUT2D eigenvalue weighted by Gasteiger charge is -2.23. The third-order valence-electron chi connectivity index (χ3n) is 4.08. The third-order valence-corrected chi connectivity index (χ3v) is 4.79. The van der Waals surface area contributed by atoms with E-state index in [0.717, 1.165) is 27.9 Å². The van der Waals surface area contributed by atoms with Crippen LogP contribution in [0.5, 0.6) is 0 Å². The maximum atomic E-state index is 6.27. The second-order valence-electron chi connectivity index (χ2n) is 5.54. The molecule has 0 aliphatic rings. The largest absolute Gasteiger partial charge is 0.317 e. The van der Waals surface area contributed by atoms with Crippen LogP contribution in [0.4, 0.5) is 0 Å². The van der Waals surface area contributed by atoms with E-state index in [1.54, 1.807) is 0 Å². The summed E-state index contributed by atoms with van der Waals surface area (Å²) in [6.45, 7) is 4.54. The molecule has 0 spiro atoms. The molecule has 0 heterocycles. The predicted octanol–water partition coefficient (Wildman–Crippen LogP) is 5.73. The second-order valence-corrected chi connectivity index (χ2v) is 6.36. The van der Waals surface area contributed by atoms with E-state index < -0.39 is 0 Å². The van der Waals surface area contributed by atoms with Crippen LogP contribution in [0.15, 0.2) is 18.2 Å². The van der Waals surface area contributed by atoms with Gasteiger partial charge in [-0.05, 0) is 43.5 Å². The smallest absolute Gasteiger partial charge is 0.0453 e. The first-order valence-electron chi connectivity index (χ1n) is 7.72. The van der Waals surface area contributed by atoms with Crippen molar-refractivity contribution in [3.63, 3.8) is 0 Å².